The summed E-state index contributed by atoms with van der Waals surface area (Å²) in [6, 6.07) is 14.4. The number of carboxylic acid groups (broad SMARTS) is 1. The van der Waals surface area contributed by atoms with Crippen LogP contribution in [-0.2, 0) is 4.79 Å². The number of carbonyl (C=O) groups is 2. The normalized spacial score (nSPS) is 11.8. The van der Waals surface area contributed by atoms with E-state index in [1.165, 1.54) is 6.07 Å². The highest BCUT2D eigenvalue weighted by molar-refractivity contribution is 6.32. The quantitative estimate of drug-likeness (QED) is 0.588. The van der Waals surface area contributed by atoms with Gasteiger partial charge in [0.2, 0.25) is 5.88 Å². The average Bonchev–Trinajstić information content (AvgIpc) is 3.03. The molecule has 0 aliphatic heterocycles. The summed E-state index contributed by atoms with van der Waals surface area (Å²) >= 11 is 6.12. The molecule has 0 fully saturated rings. The zero-order chi connectivity index (χ0) is 20.3. The average molecular weight is 400 g/mol. The van der Waals surface area contributed by atoms with Crippen LogP contribution in [0.15, 0.2) is 54.6 Å². The first-order valence-corrected chi connectivity index (χ1v) is 8.86. The Morgan fingerprint density at radius 1 is 1.18 bits per heavy atom. The molecule has 1 atom stereocenters. The molecule has 8 heteroatoms. The van der Waals surface area contributed by atoms with Crippen molar-refractivity contribution in [3.63, 3.8) is 0 Å². The van der Waals surface area contributed by atoms with Crippen molar-refractivity contribution in [1.82, 2.24) is 15.1 Å². The summed E-state index contributed by atoms with van der Waals surface area (Å²) in [5, 5.41) is 26.5. The van der Waals surface area contributed by atoms with Crippen molar-refractivity contribution < 1.29 is 19.8 Å². The molecule has 0 saturated carbocycles. The summed E-state index contributed by atoms with van der Waals surface area (Å²) in [7, 11) is 0. The van der Waals surface area contributed by atoms with Crippen molar-refractivity contribution in [3.8, 4) is 11.6 Å². The molecule has 2 aromatic carbocycles. The lowest BCUT2D eigenvalue weighted by atomic mass is 10.0. The second-order valence-corrected chi connectivity index (χ2v) is 6.69. The van der Waals surface area contributed by atoms with Crippen LogP contribution in [0.2, 0.25) is 5.02 Å². The third-order valence-electron chi connectivity index (χ3n) is 4.17. The Hall–Kier alpha value is -3.32. The molecule has 0 radical (unpaired) electrons. The Kier molecular flexibility index (Phi) is 5.65. The minimum atomic E-state index is -1.05. The SMILES string of the molecule is Cc1ccc([C@H](CC(=O)O)NC(=O)c2cc(O)n(-c3ccccc3Cl)n2)cc1. The molecule has 1 heterocycles. The molecule has 28 heavy (non-hydrogen) atoms. The van der Waals surface area contributed by atoms with E-state index in [2.05, 4.69) is 10.4 Å². The van der Waals surface area contributed by atoms with Crippen LogP contribution in [-0.4, -0.2) is 31.9 Å². The number of aliphatic carboxylic acids is 1. The fraction of sp³-hybridized carbons (Fsp3) is 0.150. The second kappa shape index (κ2) is 8.14. The standard InChI is InChI=1S/C20H18ClN3O4/c1-12-6-8-13(9-7-12)15(11-19(26)27)22-20(28)16-10-18(25)24(23-16)17-5-3-2-4-14(17)21/h2-10,15,25H,11H2,1H3,(H,22,28)(H,26,27)/t15-/m0/s1. The van der Waals surface area contributed by atoms with Gasteiger partial charge in [0.15, 0.2) is 5.69 Å². The van der Waals surface area contributed by atoms with E-state index < -0.39 is 17.9 Å². The number of nitrogens with zero attached hydrogens (tertiary/aromatic N) is 2. The largest absolute Gasteiger partial charge is 0.493 e. The van der Waals surface area contributed by atoms with Gasteiger partial charge in [-0.15, -0.1) is 0 Å². The van der Waals surface area contributed by atoms with Gasteiger partial charge in [-0.1, -0.05) is 53.6 Å². The molecule has 3 N–H and O–H groups in total. The molecule has 0 spiro atoms. The van der Waals surface area contributed by atoms with Crippen LogP contribution in [0, 0.1) is 6.92 Å². The summed E-state index contributed by atoms with van der Waals surface area (Å²) < 4.78 is 1.15. The smallest absolute Gasteiger partial charge is 0.305 e. The molecule has 1 amide bonds. The van der Waals surface area contributed by atoms with Crippen molar-refractivity contribution in [2.24, 2.45) is 0 Å². The maximum atomic E-state index is 12.6. The number of aromatic nitrogens is 2. The maximum absolute atomic E-state index is 12.6. The highest BCUT2D eigenvalue weighted by atomic mass is 35.5. The molecular weight excluding hydrogens is 382 g/mol. The Bertz CT molecular complexity index is 1010. The lowest BCUT2D eigenvalue weighted by Crippen LogP contribution is -2.30. The van der Waals surface area contributed by atoms with Gasteiger partial charge in [-0.2, -0.15) is 9.78 Å². The molecule has 0 unspecified atom stereocenters. The lowest BCUT2D eigenvalue weighted by Gasteiger charge is -2.17. The molecule has 144 valence electrons. The summed E-state index contributed by atoms with van der Waals surface area (Å²) in [5.74, 6) is -1.91. The maximum Gasteiger partial charge on any atom is 0.305 e. The fourth-order valence-electron chi connectivity index (χ4n) is 2.74. The van der Waals surface area contributed by atoms with Gasteiger partial charge in [0, 0.05) is 6.07 Å². The van der Waals surface area contributed by atoms with E-state index in [0.717, 1.165) is 10.2 Å². The number of halogens is 1. The van der Waals surface area contributed by atoms with Gasteiger partial charge in [0.25, 0.3) is 5.91 Å². The number of aromatic hydroxyl groups is 1. The van der Waals surface area contributed by atoms with Crippen LogP contribution in [0.1, 0.15) is 34.1 Å². The van der Waals surface area contributed by atoms with Gasteiger partial charge >= 0.3 is 5.97 Å². The van der Waals surface area contributed by atoms with E-state index in [1.807, 2.05) is 19.1 Å². The molecule has 0 saturated heterocycles. The predicted octanol–water partition coefficient (Wildman–Crippen LogP) is 3.49. The molecule has 3 rings (SSSR count). The number of hydrogen-bond donors (Lipinski definition) is 3. The number of benzene rings is 2. The van der Waals surface area contributed by atoms with Crippen molar-refractivity contribution in [2.75, 3.05) is 0 Å². The fourth-order valence-corrected chi connectivity index (χ4v) is 2.96. The Morgan fingerprint density at radius 3 is 2.50 bits per heavy atom. The molecule has 1 aromatic heterocycles. The van der Waals surface area contributed by atoms with E-state index in [0.29, 0.717) is 16.3 Å². The number of para-hydroxylation sites is 1. The van der Waals surface area contributed by atoms with E-state index >= 15 is 0 Å². The first-order chi connectivity index (χ1) is 13.3. The van der Waals surface area contributed by atoms with Crippen molar-refractivity contribution >= 4 is 23.5 Å². The molecular formula is C20H18ClN3O4. The number of carbonyl (C=O) groups excluding carboxylic acids is 1. The van der Waals surface area contributed by atoms with Gasteiger partial charge in [-0.05, 0) is 24.6 Å². The van der Waals surface area contributed by atoms with Crippen LogP contribution in [0.3, 0.4) is 0 Å². The van der Waals surface area contributed by atoms with E-state index in [9.17, 15) is 19.8 Å². The predicted molar refractivity (Wildman–Crippen MR) is 104 cm³/mol. The number of aryl methyl sites for hydroxylation is 1. The van der Waals surface area contributed by atoms with Crippen molar-refractivity contribution in [2.45, 2.75) is 19.4 Å². The topological polar surface area (TPSA) is 104 Å². The highest BCUT2D eigenvalue weighted by Crippen LogP contribution is 2.25. The van der Waals surface area contributed by atoms with Crippen molar-refractivity contribution in [1.29, 1.82) is 0 Å². The van der Waals surface area contributed by atoms with E-state index in [1.54, 1.807) is 36.4 Å². The third kappa shape index (κ3) is 4.32. The molecule has 0 aliphatic carbocycles. The highest BCUT2D eigenvalue weighted by Gasteiger charge is 2.22. The monoisotopic (exact) mass is 399 g/mol. The summed E-state index contributed by atoms with van der Waals surface area (Å²) in [4.78, 5) is 23.9. The van der Waals surface area contributed by atoms with Gasteiger partial charge < -0.3 is 15.5 Å². The van der Waals surface area contributed by atoms with Crippen molar-refractivity contribution in [3.05, 3.63) is 76.4 Å². The summed E-state index contributed by atoms with van der Waals surface area (Å²) in [6.45, 7) is 1.92. The van der Waals surface area contributed by atoms with Crippen LogP contribution in [0.5, 0.6) is 5.88 Å². The van der Waals surface area contributed by atoms with E-state index in [-0.39, 0.29) is 18.0 Å². The minimum absolute atomic E-state index is 0.0556. The Labute approximate surface area is 166 Å². The first-order valence-electron chi connectivity index (χ1n) is 8.48. The van der Waals surface area contributed by atoms with Gasteiger partial charge in [0.05, 0.1) is 23.2 Å². The molecule has 0 bridgehead atoms. The molecule has 0 aliphatic rings. The van der Waals surface area contributed by atoms with Crippen LogP contribution in [0.25, 0.3) is 5.69 Å². The molecule has 7 nitrogen and oxygen atoms in total. The number of nitrogens with one attached hydrogen (secondary N) is 1. The zero-order valence-electron chi connectivity index (χ0n) is 15.0. The summed E-state index contributed by atoms with van der Waals surface area (Å²) in [5.41, 5.74) is 2.05. The summed E-state index contributed by atoms with van der Waals surface area (Å²) in [6.07, 6.45) is -0.286. The van der Waals surface area contributed by atoms with Crippen LogP contribution >= 0.6 is 11.6 Å². The second-order valence-electron chi connectivity index (χ2n) is 6.29. The number of hydrogen-bond acceptors (Lipinski definition) is 4. The van der Waals surface area contributed by atoms with Gasteiger partial charge in [-0.3, -0.25) is 9.59 Å². The molecule has 3 aromatic rings. The first kappa shape index (κ1) is 19.4. The Balaban J connectivity index is 1.86. The number of rotatable bonds is 6. The minimum Gasteiger partial charge on any atom is -0.493 e. The Morgan fingerprint density at radius 2 is 1.86 bits per heavy atom. The third-order valence-corrected chi connectivity index (χ3v) is 4.49. The lowest BCUT2D eigenvalue weighted by molar-refractivity contribution is -0.137. The number of amides is 1. The van der Waals surface area contributed by atoms with Gasteiger partial charge in [-0.25, -0.2) is 0 Å². The number of carboxylic acids is 1. The van der Waals surface area contributed by atoms with Gasteiger partial charge in [0.1, 0.15) is 0 Å². The van der Waals surface area contributed by atoms with Crippen LogP contribution < -0.4 is 5.32 Å². The van der Waals surface area contributed by atoms with Crippen LogP contribution in [0.4, 0.5) is 0 Å². The zero-order valence-corrected chi connectivity index (χ0v) is 15.7. The van der Waals surface area contributed by atoms with E-state index in [4.69, 9.17) is 11.6 Å².